The van der Waals surface area contributed by atoms with Gasteiger partial charge in [0, 0.05) is 0 Å². The first-order valence-electron chi connectivity index (χ1n) is 0. The van der Waals surface area contributed by atoms with Gasteiger partial charge in [-0.2, -0.15) is 0 Å². The average Bonchev–Trinajstić information content (AvgIpc) is 0. The minimum atomic E-state index is 0. The summed E-state index contributed by atoms with van der Waals surface area (Å²) in [5.41, 5.74) is 0. The second-order valence-corrected chi connectivity index (χ2v) is 0. The Bertz CT molecular complexity index is 3.25. The monoisotopic (exact) mass is 248 g/mol. The molecular weight excluding hydrogens is 229 g/mol. The molecule has 0 aromatic heterocycles. The van der Waals surface area contributed by atoms with Crippen LogP contribution in [0.15, 0.2) is 0 Å². The molecule has 0 saturated heterocycles. The average molecular weight is 244 g/mol. The fraction of sp³-hybridized carbons (Fsp3) is 0. The Hall–Kier alpha value is 1.69. The molecular formula is H15BGe3. The molecule has 0 heterocycles. The second kappa shape index (κ2) is 22.3. The van der Waals surface area contributed by atoms with Crippen molar-refractivity contribution < 1.29 is 0 Å². The molecule has 0 aliphatic heterocycles. The van der Waals surface area contributed by atoms with Gasteiger partial charge in [-0.15, -0.1) is 0 Å². The maximum absolute atomic E-state index is 0. The molecule has 0 fully saturated rings. The van der Waals surface area contributed by atoms with Crippen LogP contribution in [0, 0.1) is 0 Å². The van der Waals surface area contributed by atoms with E-state index in [4.69, 9.17) is 0 Å². The first-order chi connectivity index (χ1) is 0. The Kier molecular flexibility index (Phi) is 244. The van der Waals surface area contributed by atoms with E-state index < -0.39 is 0 Å². The number of rotatable bonds is 0. The van der Waals surface area contributed by atoms with E-state index in [2.05, 4.69) is 0 Å². The van der Waals surface area contributed by atoms with E-state index >= 15 is 0 Å². The predicted octanol–water partition coefficient (Wildman–Crippen LogP) is -5.54. The van der Waals surface area contributed by atoms with Crippen LogP contribution in [0.4, 0.5) is 0 Å². The zero-order valence-corrected chi connectivity index (χ0v) is 0.578. The predicted molar refractivity (Wildman–Crippen MR) is 43.9 cm³/mol. The molecule has 0 unspecified atom stereocenters. The summed E-state index contributed by atoms with van der Waals surface area (Å²) in [6, 6.07) is 0. The minimum absolute atomic E-state index is 0. The van der Waals surface area contributed by atoms with Gasteiger partial charge >= 0.3 is 61.2 Å². The van der Waals surface area contributed by atoms with Crippen LogP contribution >= 0.6 is 0 Å². The topological polar surface area (TPSA) is 0 Å². The van der Waals surface area contributed by atoms with Gasteiger partial charge in [-0.05, 0) is 0 Å². The fourth-order valence-corrected chi connectivity index (χ4v) is 0. The van der Waals surface area contributed by atoms with Crippen LogP contribution in [0.3, 0.4) is 0 Å². The van der Waals surface area contributed by atoms with Crippen molar-refractivity contribution >= 4 is 61.2 Å². The molecule has 4 heteroatoms. The molecule has 0 bridgehead atoms. The summed E-state index contributed by atoms with van der Waals surface area (Å²) in [7, 11) is 0. The molecule has 0 saturated carbocycles. The molecule has 0 atom stereocenters. The van der Waals surface area contributed by atoms with Crippen LogP contribution in [0.5, 0.6) is 0 Å². The van der Waals surface area contributed by atoms with Crippen LogP contribution in [0.25, 0.3) is 0 Å². The van der Waals surface area contributed by atoms with E-state index in [0.29, 0.717) is 0 Å². The van der Waals surface area contributed by atoms with Crippen molar-refractivity contribution in [2.45, 2.75) is 0 Å². The maximum atomic E-state index is 0. The Morgan fingerprint density at radius 1 is 0.500 bits per heavy atom. The summed E-state index contributed by atoms with van der Waals surface area (Å²) in [5.74, 6) is 0. The van der Waals surface area contributed by atoms with Crippen LogP contribution in [-0.4, -0.2) is 61.2 Å². The van der Waals surface area contributed by atoms with Gasteiger partial charge in [-0.3, -0.25) is 0 Å². The Morgan fingerprint density at radius 2 is 0.500 bits per heavy atom. The molecule has 30 valence electrons. The molecule has 0 aromatic carbocycles. The van der Waals surface area contributed by atoms with E-state index in [9.17, 15) is 0 Å². The van der Waals surface area contributed by atoms with Gasteiger partial charge in [-0.1, -0.05) is 0 Å². The zero-order valence-electron chi connectivity index (χ0n) is 0.577. The van der Waals surface area contributed by atoms with Crippen LogP contribution in [0.1, 0.15) is 0 Å². The first kappa shape index (κ1) is 43.7. The molecule has 0 N–H and O–H groups in total. The summed E-state index contributed by atoms with van der Waals surface area (Å²) >= 11 is 0. The number of hydrogen-bond acceptors (Lipinski definition) is 0. The summed E-state index contributed by atoms with van der Waals surface area (Å²) in [4.78, 5) is 0. The van der Waals surface area contributed by atoms with Crippen LogP contribution < -0.4 is 0 Å². The van der Waals surface area contributed by atoms with E-state index in [-0.39, 0.29) is 61.2 Å². The third kappa shape index (κ3) is 9.34. The molecule has 0 nitrogen and oxygen atoms in total. The molecule has 0 rings (SSSR count). The van der Waals surface area contributed by atoms with Gasteiger partial charge in [-0.25, -0.2) is 0 Å². The molecule has 0 aliphatic carbocycles. The van der Waals surface area contributed by atoms with E-state index in [1.165, 1.54) is 0 Å². The van der Waals surface area contributed by atoms with Crippen molar-refractivity contribution in [1.82, 2.24) is 0 Å². The van der Waals surface area contributed by atoms with Crippen molar-refractivity contribution in [3.63, 3.8) is 0 Å². The van der Waals surface area contributed by atoms with Gasteiger partial charge in [0.15, 0.2) is 0 Å². The van der Waals surface area contributed by atoms with Gasteiger partial charge in [0.25, 0.3) is 0 Å². The molecule has 0 radical (unpaired) electrons. The third-order valence-electron chi connectivity index (χ3n) is 0. The van der Waals surface area contributed by atoms with Crippen molar-refractivity contribution in [1.29, 1.82) is 0 Å². The van der Waals surface area contributed by atoms with Gasteiger partial charge in [0.1, 0.15) is 0 Å². The molecule has 4 heavy (non-hydrogen) atoms. The molecule has 0 aromatic rings. The van der Waals surface area contributed by atoms with Crippen molar-refractivity contribution in [2.75, 3.05) is 0 Å². The van der Waals surface area contributed by atoms with E-state index in [1.807, 2.05) is 0 Å². The fourth-order valence-electron chi connectivity index (χ4n) is 0. The molecule has 0 aliphatic rings. The van der Waals surface area contributed by atoms with Gasteiger partial charge < -0.3 is 0 Å². The van der Waals surface area contributed by atoms with Gasteiger partial charge in [0.05, 0.1) is 0 Å². The SMILES string of the molecule is [B+3].[GeH5-].[GeH5-].[GeH5-]. The normalized spacial score (nSPS) is 0. The Morgan fingerprint density at radius 3 is 0.500 bits per heavy atom. The van der Waals surface area contributed by atoms with Crippen molar-refractivity contribution in [3.8, 4) is 0 Å². The van der Waals surface area contributed by atoms with Crippen molar-refractivity contribution in [3.05, 3.63) is 0 Å². The Balaban J connectivity index is 0. The first-order valence-corrected chi connectivity index (χ1v) is 0. The molecule has 0 amide bonds. The van der Waals surface area contributed by atoms with E-state index in [0.717, 1.165) is 0 Å². The zero-order chi connectivity index (χ0) is 0. The Labute approximate surface area is 61.0 Å². The van der Waals surface area contributed by atoms with E-state index in [1.54, 1.807) is 0 Å². The third-order valence-corrected chi connectivity index (χ3v) is 0. The number of hydrogen-bond donors (Lipinski definition) is 0. The molecule has 0 spiro atoms. The standard InChI is InChI=1S/B.3GeH5/h;3*1H5/q+3;3*-1. The summed E-state index contributed by atoms with van der Waals surface area (Å²) in [6.07, 6.45) is 0. The van der Waals surface area contributed by atoms with Gasteiger partial charge in [0.2, 0.25) is 0 Å². The second-order valence-electron chi connectivity index (χ2n) is 0. The summed E-state index contributed by atoms with van der Waals surface area (Å²) in [5, 5.41) is 0. The van der Waals surface area contributed by atoms with Crippen LogP contribution in [-0.2, 0) is 0 Å². The summed E-state index contributed by atoms with van der Waals surface area (Å²) < 4.78 is 0. The summed E-state index contributed by atoms with van der Waals surface area (Å²) in [6.45, 7) is 0. The quantitative estimate of drug-likeness (QED) is 0.373. The van der Waals surface area contributed by atoms with Crippen molar-refractivity contribution in [2.24, 2.45) is 0 Å². The van der Waals surface area contributed by atoms with Crippen LogP contribution in [0.2, 0.25) is 0 Å².